The Labute approximate surface area is 88.3 Å². The Morgan fingerprint density at radius 1 is 1.57 bits per heavy atom. The second kappa shape index (κ2) is 3.09. The van der Waals surface area contributed by atoms with E-state index in [9.17, 15) is 4.79 Å². The summed E-state index contributed by atoms with van der Waals surface area (Å²) in [6, 6.07) is 4.99. The van der Waals surface area contributed by atoms with Gasteiger partial charge in [0.25, 0.3) is 0 Å². The molecule has 0 aliphatic carbocycles. The SMILES string of the molecule is Cc1nc2cccc(C(=O)O)n2c1Br. The third kappa shape index (κ3) is 1.21. The number of hydrogen-bond acceptors (Lipinski definition) is 2. The molecule has 0 aliphatic heterocycles. The van der Waals surface area contributed by atoms with Crippen molar-refractivity contribution in [3.05, 3.63) is 34.2 Å². The van der Waals surface area contributed by atoms with Gasteiger partial charge >= 0.3 is 5.97 Å². The maximum atomic E-state index is 10.9. The van der Waals surface area contributed by atoms with Crippen molar-refractivity contribution in [1.29, 1.82) is 0 Å². The lowest BCUT2D eigenvalue weighted by molar-refractivity contribution is 0.0688. The van der Waals surface area contributed by atoms with Crippen LogP contribution in [0.2, 0.25) is 0 Å². The first-order valence-corrected chi connectivity index (χ1v) is 4.77. The van der Waals surface area contributed by atoms with E-state index in [1.807, 2.05) is 6.92 Å². The number of pyridine rings is 1. The number of imidazole rings is 1. The van der Waals surface area contributed by atoms with Crippen LogP contribution in [0.15, 0.2) is 22.8 Å². The molecule has 0 spiro atoms. The average Bonchev–Trinajstić information content (AvgIpc) is 2.43. The lowest BCUT2D eigenvalue weighted by atomic mass is 10.3. The predicted molar refractivity (Wildman–Crippen MR) is 54.6 cm³/mol. The van der Waals surface area contributed by atoms with Crippen molar-refractivity contribution in [2.45, 2.75) is 6.92 Å². The molecule has 0 radical (unpaired) electrons. The van der Waals surface area contributed by atoms with Crippen LogP contribution in [0.25, 0.3) is 5.65 Å². The summed E-state index contributed by atoms with van der Waals surface area (Å²) in [5.41, 5.74) is 1.61. The second-order valence-corrected chi connectivity index (χ2v) is 3.65. The van der Waals surface area contributed by atoms with Crippen molar-refractivity contribution in [2.75, 3.05) is 0 Å². The van der Waals surface area contributed by atoms with Crippen LogP contribution in [-0.4, -0.2) is 20.5 Å². The van der Waals surface area contributed by atoms with Crippen LogP contribution < -0.4 is 0 Å². The standard InChI is InChI=1S/C9H7BrN2O2/c1-5-8(10)12-6(9(13)14)3-2-4-7(12)11-5/h2-4H,1H3,(H,13,14). The Kier molecular flexibility index (Phi) is 2.03. The van der Waals surface area contributed by atoms with Gasteiger partial charge in [0.05, 0.1) is 5.69 Å². The van der Waals surface area contributed by atoms with E-state index in [-0.39, 0.29) is 5.69 Å². The fraction of sp³-hybridized carbons (Fsp3) is 0.111. The second-order valence-electron chi connectivity index (χ2n) is 2.90. The molecule has 1 N–H and O–H groups in total. The lowest BCUT2D eigenvalue weighted by Gasteiger charge is -2.00. The molecule has 0 unspecified atom stereocenters. The quantitative estimate of drug-likeness (QED) is 0.848. The van der Waals surface area contributed by atoms with Gasteiger partial charge in [-0.25, -0.2) is 9.78 Å². The van der Waals surface area contributed by atoms with Crippen molar-refractivity contribution in [3.8, 4) is 0 Å². The molecule has 0 saturated carbocycles. The van der Waals surface area contributed by atoms with E-state index < -0.39 is 5.97 Å². The summed E-state index contributed by atoms with van der Waals surface area (Å²) < 4.78 is 2.25. The molecule has 0 fully saturated rings. The molecule has 72 valence electrons. The molecule has 2 rings (SSSR count). The highest BCUT2D eigenvalue weighted by Crippen LogP contribution is 2.20. The van der Waals surface area contributed by atoms with Gasteiger partial charge in [0.2, 0.25) is 0 Å². The van der Waals surface area contributed by atoms with Crippen LogP contribution in [0.4, 0.5) is 0 Å². The van der Waals surface area contributed by atoms with Gasteiger partial charge in [0, 0.05) is 0 Å². The van der Waals surface area contributed by atoms with E-state index in [1.54, 1.807) is 22.6 Å². The van der Waals surface area contributed by atoms with Gasteiger partial charge in [-0.1, -0.05) is 6.07 Å². The minimum Gasteiger partial charge on any atom is -0.477 e. The first kappa shape index (κ1) is 9.21. The van der Waals surface area contributed by atoms with E-state index in [2.05, 4.69) is 20.9 Å². The molecule has 0 saturated heterocycles. The molecule has 14 heavy (non-hydrogen) atoms. The summed E-state index contributed by atoms with van der Waals surface area (Å²) in [7, 11) is 0. The van der Waals surface area contributed by atoms with Gasteiger partial charge < -0.3 is 5.11 Å². The molecule has 2 heterocycles. The molecule has 0 aromatic carbocycles. The van der Waals surface area contributed by atoms with E-state index in [0.717, 1.165) is 5.69 Å². The van der Waals surface area contributed by atoms with Crippen LogP contribution in [-0.2, 0) is 0 Å². The number of halogens is 1. The van der Waals surface area contributed by atoms with Crippen molar-refractivity contribution in [2.24, 2.45) is 0 Å². The van der Waals surface area contributed by atoms with Crippen LogP contribution in [0.3, 0.4) is 0 Å². The van der Waals surface area contributed by atoms with Gasteiger partial charge in [0.15, 0.2) is 0 Å². The van der Waals surface area contributed by atoms with Gasteiger partial charge in [-0.05, 0) is 35.0 Å². The highest BCUT2D eigenvalue weighted by molar-refractivity contribution is 9.10. The monoisotopic (exact) mass is 254 g/mol. The summed E-state index contributed by atoms with van der Waals surface area (Å²) in [6.07, 6.45) is 0. The van der Waals surface area contributed by atoms with Gasteiger partial charge in [-0.2, -0.15) is 0 Å². The van der Waals surface area contributed by atoms with E-state index in [1.165, 1.54) is 0 Å². The molecule has 0 atom stereocenters. The number of rotatable bonds is 1. The normalized spacial score (nSPS) is 10.7. The topological polar surface area (TPSA) is 54.6 Å². The Balaban J connectivity index is 2.91. The summed E-state index contributed by atoms with van der Waals surface area (Å²) in [6.45, 7) is 1.82. The number of nitrogens with zero attached hydrogens (tertiary/aromatic N) is 2. The highest BCUT2D eigenvalue weighted by atomic mass is 79.9. The third-order valence-electron chi connectivity index (χ3n) is 1.97. The van der Waals surface area contributed by atoms with Crippen LogP contribution in [0.5, 0.6) is 0 Å². The Hall–Kier alpha value is -1.36. The zero-order valence-corrected chi connectivity index (χ0v) is 8.95. The summed E-state index contributed by atoms with van der Waals surface area (Å²) >= 11 is 3.31. The van der Waals surface area contributed by atoms with Crippen LogP contribution in [0.1, 0.15) is 16.2 Å². The number of aromatic carboxylic acids is 1. The fourth-order valence-electron chi connectivity index (χ4n) is 1.34. The third-order valence-corrected chi connectivity index (χ3v) is 2.89. The average molecular weight is 255 g/mol. The largest absolute Gasteiger partial charge is 0.477 e. The molecule has 0 amide bonds. The molecule has 2 aromatic heterocycles. The molecular weight excluding hydrogens is 248 g/mol. The number of aromatic nitrogens is 2. The first-order valence-electron chi connectivity index (χ1n) is 3.98. The molecule has 0 aliphatic rings. The molecule has 4 nitrogen and oxygen atoms in total. The van der Waals surface area contributed by atoms with E-state index in [0.29, 0.717) is 10.3 Å². The van der Waals surface area contributed by atoms with E-state index >= 15 is 0 Å². The predicted octanol–water partition coefficient (Wildman–Crippen LogP) is 2.10. The molecule has 2 aromatic rings. The minimum absolute atomic E-state index is 0.204. The number of fused-ring (bicyclic) bond motifs is 1. The van der Waals surface area contributed by atoms with Crippen molar-refractivity contribution in [3.63, 3.8) is 0 Å². The first-order chi connectivity index (χ1) is 6.61. The molecule has 5 heteroatoms. The van der Waals surface area contributed by atoms with Crippen LogP contribution in [0, 0.1) is 6.92 Å². The number of carboxylic acid groups (broad SMARTS) is 1. The maximum absolute atomic E-state index is 10.9. The number of carboxylic acids is 1. The summed E-state index contributed by atoms with van der Waals surface area (Å²) in [5.74, 6) is -0.964. The maximum Gasteiger partial charge on any atom is 0.352 e. The van der Waals surface area contributed by atoms with E-state index in [4.69, 9.17) is 5.11 Å². The highest BCUT2D eigenvalue weighted by Gasteiger charge is 2.13. The van der Waals surface area contributed by atoms with Crippen molar-refractivity contribution >= 4 is 27.5 Å². The van der Waals surface area contributed by atoms with Crippen LogP contribution >= 0.6 is 15.9 Å². The summed E-state index contributed by atoms with van der Waals surface area (Å²) in [4.78, 5) is 15.1. The zero-order valence-electron chi connectivity index (χ0n) is 7.36. The molecular formula is C9H7BrN2O2. The smallest absolute Gasteiger partial charge is 0.352 e. The lowest BCUT2D eigenvalue weighted by Crippen LogP contribution is -2.04. The number of aryl methyl sites for hydroxylation is 1. The number of carbonyl (C=O) groups is 1. The Morgan fingerprint density at radius 2 is 2.29 bits per heavy atom. The van der Waals surface area contributed by atoms with Gasteiger partial charge in [0.1, 0.15) is 15.9 Å². The zero-order chi connectivity index (χ0) is 10.3. The fourth-order valence-corrected chi connectivity index (χ4v) is 1.80. The van der Waals surface area contributed by atoms with Crippen molar-refractivity contribution < 1.29 is 9.90 Å². The van der Waals surface area contributed by atoms with Crippen molar-refractivity contribution in [1.82, 2.24) is 9.38 Å². The summed E-state index contributed by atoms with van der Waals surface area (Å²) in [5, 5.41) is 8.95. The van der Waals surface area contributed by atoms with Gasteiger partial charge in [-0.3, -0.25) is 4.40 Å². The van der Waals surface area contributed by atoms with Gasteiger partial charge in [-0.15, -0.1) is 0 Å². The number of hydrogen-bond donors (Lipinski definition) is 1. The Morgan fingerprint density at radius 3 is 2.93 bits per heavy atom. The Bertz CT molecular complexity index is 519. The minimum atomic E-state index is -0.964. The molecule has 0 bridgehead atoms.